The van der Waals surface area contributed by atoms with Crippen molar-refractivity contribution in [1.82, 2.24) is 4.90 Å². The van der Waals surface area contributed by atoms with Crippen molar-refractivity contribution in [2.45, 2.75) is 19.8 Å². The predicted molar refractivity (Wildman–Crippen MR) is 82.8 cm³/mol. The van der Waals surface area contributed by atoms with E-state index in [4.69, 9.17) is 10.8 Å². The Morgan fingerprint density at radius 3 is 3.05 bits per heavy atom. The Balaban J connectivity index is 2.17. The minimum atomic E-state index is 0.0596. The van der Waals surface area contributed by atoms with Crippen LogP contribution in [0.1, 0.15) is 34.3 Å². The van der Waals surface area contributed by atoms with E-state index in [1.165, 1.54) is 0 Å². The van der Waals surface area contributed by atoms with Crippen LogP contribution in [0, 0.1) is 24.7 Å². The van der Waals surface area contributed by atoms with E-state index in [1.54, 1.807) is 0 Å². The molecule has 2 rings (SSSR count). The van der Waals surface area contributed by atoms with Gasteiger partial charge in [-0.2, -0.15) is 0 Å². The van der Waals surface area contributed by atoms with Gasteiger partial charge in [0.05, 0.1) is 6.54 Å². The minimum absolute atomic E-state index is 0.0596. The number of nitrogens with two attached hydrogens (primary N) is 1. The fraction of sp³-hybridized carbons (Fsp3) is 0.471. The summed E-state index contributed by atoms with van der Waals surface area (Å²) < 4.78 is 0. The van der Waals surface area contributed by atoms with E-state index in [0.717, 1.165) is 37.1 Å². The number of carbonyl (C=O) groups is 1. The Morgan fingerprint density at radius 2 is 2.33 bits per heavy atom. The van der Waals surface area contributed by atoms with Gasteiger partial charge in [-0.15, -0.1) is 0 Å². The second kappa shape index (κ2) is 7.26. The van der Waals surface area contributed by atoms with Gasteiger partial charge in [0.1, 0.15) is 0 Å². The highest BCUT2D eigenvalue weighted by molar-refractivity contribution is 5.96. The molecule has 1 unspecified atom stereocenters. The van der Waals surface area contributed by atoms with Gasteiger partial charge in [0.2, 0.25) is 0 Å². The van der Waals surface area contributed by atoms with E-state index in [0.29, 0.717) is 18.0 Å². The molecule has 1 heterocycles. The molecule has 4 nitrogen and oxygen atoms in total. The van der Waals surface area contributed by atoms with E-state index >= 15 is 0 Å². The van der Waals surface area contributed by atoms with Crippen molar-refractivity contribution in [3.63, 3.8) is 0 Å². The van der Waals surface area contributed by atoms with Gasteiger partial charge in [-0.25, -0.2) is 0 Å². The summed E-state index contributed by atoms with van der Waals surface area (Å²) in [6.45, 7) is 3.93. The lowest BCUT2D eigenvalue weighted by atomic mass is 10.0. The third-order valence-electron chi connectivity index (χ3n) is 4.00. The molecule has 0 aliphatic carbocycles. The third-order valence-corrected chi connectivity index (χ3v) is 4.00. The molecule has 21 heavy (non-hydrogen) atoms. The average molecular weight is 286 g/mol. The number of nitrogens with zero attached hydrogens (tertiary/aromatic N) is 1. The Bertz CT molecular complexity index is 572. The lowest BCUT2D eigenvalue weighted by Crippen LogP contribution is -2.29. The van der Waals surface area contributed by atoms with E-state index in [1.807, 2.05) is 30.0 Å². The van der Waals surface area contributed by atoms with Crippen molar-refractivity contribution < 1.29 is 9.90 Å². The third kappa shape index (κ3) is 3.63. The van der Waals surface area contributed by atoms with Crippen LogP contribution in [0.25, 0.3) is 0 Å². The molecule has 1 fully saturated rings. The van der Waals surface area contributed by atoms with Crippen molar-refractivity contribution in [2.75, 3.05) is 26.2 Å². The van der Waals surface area contributed by atoms with Crippen molar-refractivity contribution in [1.29, 1.82) is 0 Å². The van der Waals surface area contributed by atoms with Gasteiger partial charge in [0, 0.05) is 30.8 Å². The summed E-state index contributed by atoms with van der Waals surface area (Å²) in [5.41, 5.74) is 7.88. The monoisotopic (exact) mass is 286 g/mol. The van der Waals surface area contributed by atoms with Crippen LogP contribution < -0.4 is 5.73 Å². The molecule has 4 heteroatoms. The minimum Gasteiger partial charge on any atom is -0.396 e. The summed E-state index contributed by atoms with van der Waals surface area (Å²) in [5.74, 6) is 6.31. The zero-order valence-electron chi connectivity index (χ0n) is 12.4. The summed E-state index contributed by atoms with van der Waals surface area (Å²) in [4.78, 5) is 14.5. The number of benzene rings is 1. The molecule has 0 bridgehead atoms. The second-order valence-electron chi connectivity index (χ2n) is 5.40. The molecule has 1 aliphatic heterocycles. The number of carbonyl (C=O) groups excluding carboxylic acids is 1. The van der Waals surface area contributed by atoms with Crippen LogP contribution in [0.5, 0.6) is 0 Å². The molecule has 0 radical (unpaired) electrons. The number of hydrogen-bond donors (Lipinski definition) is 2. The molecule has 1 amide bonds. The quantitative estimate of drug-likeness (QED) is 0.819. The number of aliphatic hydroxyl groups excluding tert-OH is 1. The van der Waals surface area contributed by atoms with Crippen molar-refractivity contribution >= 4 is 5.91 Å². The van der Waals surface area contributed by atoms with Gasteiger partial charge in [-0.3, -0.25) is 4.79 Å². The highest BCUT2D eigenvalue weighted by Crippen LogP contribution is 2.23. The standard InChI is InChI=1S/C17H22N2O2/c1-13-15(5-3-9-18)4-2-6-16(13)17(21)19-10-7-14(12-19)8-11-20/h2,4,6,14,20H,7-12,18H2,1H3. The van der Waals surface area contributed by atoms with Crippen LogP contribution in [-0.4, -0.2) is 42.2 Å². The maximum Gasteiger partial charge on any atom is 0.254 e. The maximum atomic E-state index is 12.6. The van der Waals surface area contributed by atoms with Gasteiger partial charge in [-0.05, 0) is 43.4 Å². The van der Waals surface area contributed by atoms with E-state index < -0.39 is 0 Å². The molecule has 1 aromatic rings. The first-order valence-corrected chi connectivity index (χ1v) is 7.36. The van der Waals surface area contributed by atoms with Gasteiger partial charge < -0.3 is 15.7 Å². The molecule has 3 N–H and O–H groups in total. The summed E-state index contributed by atoms with van der Waals surface area (Å²) in [7, 11) is 0. The van der Waals surface area contributed by atoms with Gasteiger partial charge in [0.15, 0.2) is 0 Å². The Kier molecular flexibility index (Phi) is 5.38. The summed E-state index contributed by atoms with van der Waals surface area (Å²) in [6.07, 6.45) is 1.74. The highest BCUT2D eigenvalue weighted by atomic mass is 16.3. The van der Waals surface area contributed by atoms with Gasteiger partial charge in [0.25, 0.3) is 5.91 Å². The predicted octanol–water partition coefficient (Wildman–Crippen LogP) is 1.15. The van der Waals surface area contributed by atoms with Crippen LogP contribution in [0.15, 0.2) is 18.2 Å². The fourth-order valence-corrected chi connectivity index (χ4v) is 2.75. The molecule has 1 saturated heterocycles. The second-order valence-corrected chi connectivity index (χ2v) is 5.40. The van der Waals surface area contributed by atoms with Crippen LogP contribution in [-0.2, 0) is 0 Å². The zero-order valence-corrected chi connectivity index (χ0v) is 12.4. The van der Waals surface area contributed by atoms with Gasteiger partial charge >= 0.3 is 0 Å². The molecular weight excluding hydrogens is 264 g/mol. The van der Waals surface area contributed by atoms with Crippen LogP contribution in [0.2, 0.25) is 0 Å². The molecular formula is C17H22N2O2. The molecule has 0 saturated carbocycles. The lowest BCUT2D eigenvalue weighted by Gasteiger charge is -2.18. The van der Waals surface area contributed by atoms with Crippen LogP contribution in [0.3, 0.4) is 0 Å². The normalized spacial score (nSPS) is 17.5. The molecule has 1 atom stereocenters. The van der Waals surface area contributed by atoms with E-state index in [2.05, 4.69) is 11.8 Å². The molecule has 1 aliphatic rings. The molecule has 0 spiro atoms. The number of hydrogen-bond acceptors (Lipinski definition) is 3. The Morgan fingerprint density at radius 1 is 1.52 bits per heavy atom. The summed E-state index contributed by atoms with van der Waals surface area (Å²) >= 11 is 0. The number of amides is 1. The van der Waals surface area contributed by atoms with E-state index in [-0.39, 0.29) is 12.5 Å². The SMILES string of the molecule is Cc1c(C#CCN)cccc1C(=O)N1CCC(CCO)C1. The van der Waals surface area contributed by atoms with Crippen molar-refractivity contribution in [3.8, 4) is 11.8 Å². The van der Waals surface area contributed by atoms with Crippen LogP contribution in [0.4, 0.5) is 0 Å². The smallest absolute Gasteiger partial charge is 0.254 e. The topological polar surface area (TPSA) is 66.6 Å². The first kappa shape index (κ1) is 15.6. The first-order valence-electron chi connectivity index (χ1n) is 7.36. The van der Waals surface area contributed by atoms with Crippen molar-refractivity contribution in [3.05, 3.63) is 34.9 Å². The largest absolute Gasteiger partial charge is 0.396 e. The number of likely N-dealkylation sites (tertiary alicyclic amines) is 1. The fourth-order valence-electron chi connectivity index (χ4n) is 2.75. The first-order chi connectivity index (χ1) is 10.2. The number of rotatable bonds is 3. The van der Waals surface area contributed by atoms with Crippen LogP contribution >= 0.6 is 0 Å². The Hall–Kier alpha value is -1.83. The molecule has 0 aromatic heterocycles. The van der Waals surface area contributed by atoms with E-state index in [9.17, 15) is 4.79 Å². The zero-order chi connectivity index (χ0) is 15.2. The maximum absolute atomic E-state index is 12.6. The average Bonchev–Trinajstić information content (AvgIpc) is 2.94. The summed E-state index contributed by atoms with van der Waals surface area (Å²) in [6, 6.07) is 5.63. The molecule has 1 aromatic carbocycles. The van der Waals surface area contributed by atoms with Gasteiger partial charge in [-0.1, -0.05) is 17.9 Å². The Labute approximate surface area is 125 Å². The van der Waals surface area contributed by atoms with Crippen molar-refractivity contribution in [2.24, 2.45) is 11.7 Å². The highest BCUT2D eigenvalue weighted by Gasteiger charge is 2.27. The summed E-state index contributed by atoms with van der Waals surface area (Å²) in [5, 5.41) is 9.00. The lowest BCUT2D eigenvalue weighted by molar-refractivity contribution is 0.0784. The molecule has 112 valence electrons. The number of aliphatic hydroxyl groups is 1.